The highest BCUT2D eigenvalue weighted by Crippen LogP contribution is 2.47. The van der Waals surface area contributed by atoms with E-state index in [0.29, 0.717) is 18.7 Å². The lowest BCUT2D eigenvalue weighted by Crippen LogP contribution is -2.33. The summed E-state index contributed by atoms with van der Waals surface area (Å²) in [7, 11) is 0. The van der Waals surface area contributed by atoms with Crippen LogP contribution in [0.1, 0.15) is 31.2 Å². The van der Waals surface area contributed by atoms with Gasteiger partial charge >= 0.3 is 0 Å². The normalized spacial score (nSPS) is 19.2. The first-order chi connectivity index (χ1) is 10.1. The van der Waals surface area contributed by atoms with E-state index in [0.717, 1.165) is 24.8 Å². The van der Waals surface area contributed by atoms with E-state index in [9.17, 15) is 9.59 Å². The lowest BCUT2D eigenvalue weighted by Gasteiger charge is -2.15. The van der Waals surface area contributed by atoms with E-state index in [-0.39, 0.29) is 23.8 Å². The molecule has 0 atom stereocenters. The minimum absolute atomic E-state index is 0.0465. The second-order valence-electron chi connectivity index (χ2n) is 5.74. The van der Waals surface area contributed by atoms with Crippen molar-refractivity contribution in [2.45, 2.75) is 31.1 Å². The predicted molar refractivity (Wildman–Crippen MR) is 77.4 cm³/mol. The fraction of sp³-hybridized carbons (Fsp3) is 0.438. The monoisotopic (exact) mass is 283 g/mol. The summed E-state index contributed by atoms with van der Waals surface area (Å²) in [6.07, 6.45) is 3.19. The molecule has 2 amide bonds. The van der Waals surface area contributed by atoms with Crippen molar-refractivity contribution < 1.29 is 9.59 Å². The van der Waals surface area contributed by atoms with Crippen LogP contribution in [0.5, 0.6) is 0 Å². The zero-order valence-electron chi connectivity index (χ0n) is 11.8. The molecule has 1 saturated heterocycles. The third kappa shape index (κ3) is 2.75. The lowest BCUT2D eigenvalue weighted by atomic mass is 9.98. The van der Waals surface area contributed by atoms with Crippen LogP contribution in [0.3, 0.4) is 0 Å². The summed E-state index contributed by atoms with van der Waals surface area (Å²) in [5.41, 5.74) is 1.41. The number of benzene rings is 1. The Morgan fingerprint density at radius 1 is 1.33 bits per heavy atom. The third-order valence-corrected chi connectivity index (χ3v) is 4.19. The van der Waals surface area contributed by atoms with Gasteiger partial charge in [0.25, 0.3) is 0 Å². The highest BCUT2D eigenvalue weighted by atomic mass is 16.2. The molecule has 2 fully saturated rings. The van der Waals surface area contributed by atoms with E-state index in [1.165, 1.54) is 0 Å². The van der Waals surface area contributed by atoms with Gasteiger partial charge in [0.1, 0.15) is 0 Å². The molecule has 1 aromatic carbocycles. The van der Waals surface area contributed by atoms with Gasteiger partial charge in [-0.25, -0.2) is 0 Å². The van der Waals surface area contributed by atoms with Crippen molar-refractivity contribution >= 4 is 17.5 Å². The maximum absolute atomic E-state index is 11.9. The molecule has 5 nitrogen and oxygen atoms in total. The second-order valence-corrected chi connectivity index (χ2v) is 5.74. The number of nitrogens with one attached hydrogen (secondary N) is 1. The van der Waals surface area contributed by atoms with Crippen LogP contribution < -0.4 is 5.32 Å². The molecular weight excluding hydrogens is 266 g/mol. The van der Waals surface area contributed by atoms with Crippen molar-refractivity contribution in [1.29, 1.82) is 5.26 Å². The molecule has 0 spiro atoms. The minimum atomic E-state index is -0.301. The van der Waals surface area contributed by atoms with Gasteiger partial charge in [-0.3, -0.25) is 9.59 Å². The number of nitrogens with zero attached hydrogens (tertiary/aromatic N) is 2. The molecule has 5 heteroatoms. The Labute approximate surface area is 123 Å². The summed E-state index contributed by atoms with van der Waals surface area (Å²) in [4.78, 5) is 25.0. The van der Waals surface area contributed by atoms with Crippen LogP contribution in [0.4, 0.5) is 5.69 Å². The van der Waals surface area contributed by atoms with Crippen molar-refractivity contribution in [1.82, 2.24) is 4.90 Å². The van der Waals surface area contributed by atoms with E-state index in [2.05, 4.69) is 11.4 Å². The summed E-state index contributed by atoms with van der Waals surface area (Å²) in [6, 6.07) is 9.77. The SMILES string of the molecule is N#CC1(c2ccc(NC(=O)CN3CCCC3=O)cc2)CC1. The number of anilines is 1. The highest BCUT2D eigenvalue weighted by molar-refractivity contribution is 5.94. The van der Waals surface area contributed by atoms with Crippen LogP contribution in [0.2, 0.25) is 0 Å². The smallest absolute Gasteiger partial charge is 0.243 e. The fourth-order valence-electron chi connectivity index (χ4n) is 2.71. The molecule has 108 valence electrons. The maximum atomic E-state index is 11.9. The van der Waals surface area contributed by atoms with Gasteiger partial charge in [0.2, 0.25) is 11.8 Å². The summed E-state index contributed by atoms with van der Waals surface area (Å²) >= 11 is 0. The zero-order valence-corrected chi connectivity index (χ0v) is 11.8. The molecule has 1 aliphatic heterocycles. The molecule has 0 unspecified atom stereocenters. The Kier molecular flexibility index (Phi) is 3.38. The molecule has 1 saturated carbocycles. The van der Waals surface area contributed by atoms with E-state index < -0.39 is 0 Å². The molecular formula is C16H17N3O2. The van der Waals surface area contributed by atoms with Crippen LogP contribution in [-0.4, -0.2) is 29.8 Å². The first-order valence-corrected chi connectivity index (χ1v) is 7.22. The number of rotatable bonds is 4. The van der Waals surface area contributed by atoms with Gasteiger partial charge in [-0.2, -0.15) is 5.26 Å². The molecule has 2 aliphatic rings. The van der Waals surface area contributed by atoms with E-state index in [1.807, 2.05) is 24.3 Å². The summed E-state index contributed by atoms with van der Waals surface area (Å²) in [5.74, 6) is -0.135. The van der Waals surface area contributed by atoms with E-state index >= 15 is 0 Å². The summed E-state index contributed by atoms with van der Waals surface area (Å²) < 4.78 is 0. The number of hydrogen-bond donors (Lipinski definition) is 1. The molecule has 1 aromatic rings. The minimum Gasteiger partial charge on any atom is -0.333 e. The van der Waals surface area contributed by atoms with Crippen molar-refractivity contribution in [3.05, 3.63) is 29.8 Å². The van der Waals surface area contributed by atoms with Crippen LogP contribution in [0.15, 0.2) is 24.3 Å². The van der Waals surface area contributed by atoms with Crippen LogP contribution >= 0.6 is 0 Å². The standard InChI is InChI=1S/C16H17N3O2/c17-11-16(7-8-16)12-3-5-13(6-4-12)18-14(20)10-19-9-1-2-15(19)21/h3-6H,1-2,7-10H2,(H,18,20). The number of hydrogen-bond acceptors (Lipinski definition) is 3. The van der Waals surface area contributed by atoms with Crippen LogP contribution in [-0.2, 0) is 15.0 Å². The molecule has 1 N–H and O–H groups in total. The predicted octanol–water partition coefficient (Wildman–Crippen LogP) is 1.80. The van der Waals surface area contributed by atoms with E-state index in [4.69, 9.17) is 5.26 Å². The van der Waals surface area contributed by atoms with Crippen molar-refractivity contribution in [2.75, 3.05) is 18.4 Å². The number of amides is 2. The van der Waals surface area contributed by atoms with Gasteiger partial charge in [0, 0.05) is 18.7 Å². The number of carbonyl (C=O) groups excluding carboxylic acids is 2. The van der Waals surface area contributed by atoms with Gasteiger partial charge in [-0.05, 0) is 37.0 Å². The van der Waals surface area contributed by atoms with Crippen molar-refractivity contribution in [3.8, 4) is 6.07 Å². The highest BCUT2D eigenvalue weighted by Gasteiger charge is 2.44. The summed E-state index contributed by atoms with van der Waals surface area (Å²) in [6.45, 7) is 0.776. The molecule has 3 rings (SSSR count). The average molecular weight is 283 g/mol. The second kappa shape index (κ2) is 5.21. The molecule has 1 aliphatic carbocycles. The number of nitriles is 1. The average Bonchev–Trinajstić information content (AvgIpc) is 3.19. The number of carbonyl (C=O) groups is 2. The molecule has 0 bridgehead atoms. The largest absolute Gasteiger partial charge is 0.333 e. The summed E-state index contributed by atoms with van der Waals surface area (Å²) in [5, 5.41) is 11.9. The fourth-order valence-corrected chi connectivity index (χ4v) is 2.71. The van der Waals surface area contributed by atoms with Crippen LogP contribution in [0, 0.1) is 11.3 Å². The van der Waals surface area contributed by atoms with Crippen molar-refractivity contribution in [2.24, 2.45) is 0 Å². The third-order valence-electron chi connectivity index (χ3n) is 4.19. The zero-order chi connectivity index (χ0) is 14.9. The maximum Gasteiger partial charge on any atom is 0.243 e. The molecule has 21 heavy (non-hydrogen) atoms. The number of likely N-dealkylation sites (tertiary alicyclic amines) is 1. The lowest BCUT2D eigenvalue weighted by molar-refractivity contribution is -0.131. The molecule has 0 radical (unpaired) electrons. The Bertz CT molecular complexity index is 611. The Hall–Kier alpha value is -2.35. The molecule has 0 aromatic heterocycles. The van der Waals surface area contributed by atoms with Crippen molar-refractivity contribution in [3.63, 3.8) is 0 Å². The first-order valence-electron chi connectivity index (χ1n) is 7.22. The Morgan fingerprint density at radius 3 is 2.57 bits per heavy atom. The van der Waals surface area contributed by atoms with Gasteiger partial charge in [-0.15, -0.1) is 0 Å². The van der Waals surface area contributed by atoms with Gasteiger partial charge in [-0.1, -0.05) is 12.1 Å². The Morgan fingerprint density at radius 2 is 2.05 bits per heavy atom. The Balaban J connectivity index is 1.59. The molecule has 1 heterocycles. The van der Waals surface area contributed by atoms with Gasteiger partial charge in [0.05, 0.1) is 18.0 Å². The van der Waals surface area contributed by atoms with Crippen LogP contribution in [0.25, 0.3) is 0 Å². The topological polar surface area (TPSA) is 73.2 Å². The quantitative estimate of drug-likeness (QED) is 0.915. The van der Waals surface area contributed by atoms with Gasteiger partial charge < -0.3 is 10.2 Å². The van der Waals surface area contributed by atoms with E-state index in [1.54, 1.807) is 4.90 Å². The van der Waals surface area contributed by atoms with Gasteiger partial charge in [0.15, 0.2) is 0 Å². The first kappa shape index (κ1) is 13.6.